The van der Waals surface area contributed by atoms with E-state index in [4.69, 9.17) is 0 Å². The van der Waals surface area contributed by atoms with E-state index in [2.05, 4.69) is 35.5 Å². The fourth-order valence-corrected chi connectivity index (χ4v) is 5.12. The zero-order valence-electron chi connectivity index (χ0n) is 16.7. The first-order chi connectivity index (χ1) is 13.8. The minimum atomic E-state index is -4.39. The standard InChI is InChI=1S/C23H23F3N2S/c1-4-7-14-13-29-19-9-6-8-16(21(14)19)18-12-15(5-2)27-22-17(18)10-11-20(28(22)3)23(24,25)26/h6,8-9,11-13H,4-5,7,10H2,1-3H3. The van der Waals surface area contributed by atoms with Gasteiger partial charge in [0.2, 0.25) is 0 Å². The van der Waals surface area contributed by atoms with Crippen molar-refractivity contribution in [1.29, 1.82) is 0 Å². The summed E-state index contributed by atoms with van der Waals surface area (Å²) in [6.45, 7) is 4.14. The molecule has 3 aromatic rings. The Morgan fingerprint density at radius 1 is 1.17 bits per heavy atom. The SMILES string of the molecule is CCCc1csc2cccc(-c3cc(CC)nc4c3CC=C(C(F)(F)F)N4C)c12. The van der Waals surface area contributed by atoms with Gasteiger partial charge in [0.25, 0.3) is 0 Å². The number of hydrogen-bond donors (Lipinski definition) is 0. The lowest BCUT2D eigenvalue weighted by Gasteiger charge is -2.31. The van der Waals surface area contributed by atoms with E-state index in [1.54, 1.807) is 11.3 Å². The van der Waals surface area contributed by atoms with Crippen LogP contribution in [-0.2, 0) is 19.3 Å². The van der Waals surface area contributed by atoms with E-state index in [9.17, 15) is 13.2 Å². The normalized spacial score (nSPS) is 14.3. The van der Waals surface area contributed by atoms with Gasteiger partial charge >= 0.3 is 6.18 Å². The predicted octanol–water partition coefficient (Wildman–Crippen LogP) is 6.92. The lowest BCUT2D eigenvalue weighted by molar-refractivity contribution is -0.0934. The predicted molar refractivity (Wildman–Crippen MR) is 115 cm³/mol. The zero-order valence-corrected chi connectivity index (χ0v) is 17.5. The molecule has 0 N–H and O–H groups in total. The monoisotopic (exact) mass is 416 g/mol. The first-order valence-corrected chi connectivity index (χ1v) is 10.8. The number of rotatable bonds is 4. The fraction of sp³-hybridized carbons (Fsp3) is 0.348. The number of fused-ring (bicyclic) bond motifs is 2. The van der Waals surface area contributed by atoms with Crippen LogP contribution >= 0.6 is 11.3 Å². The molecule has 0 saturated heterocycles. The largest absolute Gasteiger partial charge is 0.431 e. The molecular formula is C23H23F3N2S. The molecule has 152 valence electrons. The second-order valence-electron chi connectivity index (χ2n) is 7.36. The van der Waals surface area contributed by atoms with Gasteiger partial charge in [-0.15, -0.1) is 11.3 Å². The topological polar surface area (TPSA) is 16.1 Å². The molecule has 0 aliphatic carbocycles. The van der Waals surface area contributed by atoms with Crippen molar-refractivity contribution in [3.05, 3.63) is 58.2 Å². The minimum Gasteiger partial charge on any atom is -0.325 e. The second-order valence-corrected chi connectivity index (χ2v) is 8.27. The molecule has 1 aliphatic rings. The molecule has 0 unspecified atom stereocenters. The Morgan fingerprint density at radius 2 is 1.97 bits per heavy atom. The van der Waals surface area contributed by atoms with Gasteiger partial charge in [-0.2, -0.15) is 13.2 Å². The van der Waals surface area contributed by atoms with Crippen LogP contribution in [-0.4, -0.2) is 18.2 Å². The van der Waals surface area contributed by atoms with Crippen molar-refractivity contribution >= 4 is 27.2 Å². The summed E-state index contributed by atoms with van der Waals surface area (Å²) in [6.07, 6.45) is -0.179. The van der Waals surface area contributed by atoms with E-state index >= 15 is 0 Å². The summed E-state index contributed by atoms with van der Waals surface area (Å²) in [5, 5.41) is 3.43. The van der Waals surface area contributed by atoms with Crippen molar-refractivity contribution in [2.75, 3.05) is 11.9 Å². The number of benzene rings is 1. The van der Waals surface area contributed by atoms with Gasteiger partial charge in [-0.05, 0) is 53.5 Å². The molecule has 0 radical (unpaired) electrons. The molecule has 6 heteroatoms. The molecule has 3 heterocycles. The van der Waals surface area contributed by atoms with Gasteiger partial charge < -0.3 is 4.90 Å². The summed E-state index contributed by atoms with van der Waals surface area (Å²) < 4.78 is 41.6. The molecule has 29 heavy (non-hydrogen) atoms. The van der Waals surface area contributed by atoms with Crippen LogP contribution < -0.4 is 4.90 Å². The van der Waals surface area contributed by atoms with Gasteiger partial charge in [-0.25, -0.2) is 4.98 Å². The molecule has 1 aliphatic heterocycles. The van der Waals surface area contributed by atoms with Gasteiger partial charge in [-0.3, -0.25) is 0 Å². The number of alkyl halides is 3. The third kappa shape index (κ3) is 3.44. The molecule has 2 nitrogen and oxygen atoms in total. The van der Waals surface area contributed by atoms with Gasteiger partial charge in [0.1, 0.15) is 11.5 Å². The van der Waals surface area contributed by atoms with Crippen LogP contribution in [0.1, 0.15) is 37.1 Å². The average molecular weight is 417 g/mol. The van der Waals surface area contributed by atoms with Gasteiger partial charge in [0.05, 0.1) is 0 Å². The Bertz CT molecular complexity index is 1100. The van der Waals surface area contributed by atoms with E-state index in [-0.39, 0.29) is 6.42 Å². The maximum Gasteiger partial charge on any atom is 0.431 e. The Labute approximate surface area is 172 Å². The molecule has 0 spiro atoms. The van der Waals surface area contributed by atoms with Crippen molar-refractivity contribution in [3.63, 3.8) is 0 Å². The molecule has 2 aromatic heterocycles. The van der Waals surface area contributed by atoms with Crippen LogP contribution in [0.25, 0.3) is 21.2 Å². The molecule has 0 fully saturated rings. The van der Waals surface area contributed by atoms with E-state index in [1.807, 2.05) is 13.0 Å². The highest BCUT2D eigenvalue weighted by atomic mass is 32.1. The quantitative estimate of drug-likeness (QED) is 0.459. The second kappa shape index (κ2) is 7.48. The van der Waals surface area contributed by atoms with Crippen LogP contribution in [0.15, 0.2) is 41.4 Å². The Kier molecular flexibility index (Phi) is 5.15. The number of pyridine rings is 1. The van der Waals surface area contributed by atoms with E-state index in [0.29, 0.717) is 12.2 Å². The first-order valence-electron chi connectivity index (χ1n) is 9.88. The third-order valence-electron chi connectivity index (χ3n) is 5.47. The van der Waals surface area contributed by atoms with Crippen molar-refractivity contribution in [1.82, 2.24) is 4.98 Å². The van der Waals surface area contributed by atoms with Gasteiger partial charge in [0.15, 0.2) is 0 Å². The maximum atomic E-state index is 13.5. The zero-order chi connectivity index (χ0) is 20.8. The van der Waals surface area contributed by atoms with E-state index in [0.717, 1.165) is 35.2 Å². The summed E-state index contributed by atoms with van der Waals surface area (Å²) in [5.74, 6) is 0.415. The smallest absolute Gasteiger partial charge is 0.325 e. The van der Waals surface area contributed by atoms with Crippen molar-refractivity contribution in [2.24, 2.45) is 0 Å². The van der Waals surface area contributed by atoms with Crippen LogP contribution in [0.2, 0.25) is 0 Å². The summed E-state index contributed by atoms with van der Waals surface area (Å²) in [7, 11) is 1.46. The van der Waals surface area contributed by atoms with Crippen molar-refractivity contribution in [2.45, 2.75) is 45.7 Å². The maximum absolute atomic E-state index is 13.5. The van der Waals surface area contributed by atoms with Crippen molar-refractivity contribution < 1.29 is 13.2 Å². The lowest BCUT2D eigenvalue weighted by Crippen LogP contribution is -2.32. The molecular weight excluding hydrogens is 393 g/mol. The summed E-state index contributed by atoms with van der Waals surface area (Å²) in [6, 6.07) is 8.30. The average Bonchev–Trinajstić information content (AvgIpc) is 3.10. The number of thiophene rings is 1. The molecule has 0 atom stereocenters. The van der Waals surface area contributed by atoms with Gasteiger partial charge in [-0.1, -0.05) is 38.5 Å². The highest BCUT2D eigenvalue weighted by Gasteiger charge is 2.39. The first kappa shape index (κ1) is 20.0. The lowest BCUT2D eigenvalue weighted by atomic mass is 9.91. The van der Waals surface area contributed by atoms with Crippen molar-refractivity contribution in [3.8, 4) is 11.1 Å². The fourth-order valence-electron chi connectivity index (χ4n) is 4.10. The molecule has 0 bridgehead atoms. The van der Waals surface area contributed by atoms with Crippen LogP contribution in [0, 0.1) is 0 Å². The Hall–Kier alpha value is -2.34. The number of aryl methyl sites for hydroxylation is 2. The highest BCUT2D eigenvalue weighted by Crippen LogP contribution is 2.43. The van der Waals surface area contributed by atoms with Crippen LogP contribution in [0.5, 0.6) is 0 Å². The number of hydrogen-bond acceptors (Lipinski definition) is 3. The Morgan fingerprint density at radius 3 is 2.66 bits per heavy atom. The number of aromatic nitrogens is 1. The van der Waals surface area contributed by atoms with Crippen LogP contribution in [0.3, 0.4) is 0 Å². The number of anilines is 1. The summed E-state index contributed by atoms with van der Waals surface area (Å²) in [4.78, 5) is 5.77. The Balaban J connectivity index is 1.96. The third-order valence-corrected chi connectivity index (χ3v) is 6.47. The molecule has 0 saturated carbocycles. The number of nitrogens with zero attached hydrogens (tertiary/aromatic N) is 2. The molecule has 4 rings (SSSR count). The van der Waals surface area contributed by atoms with E-state index in [1.165, 1.54) is 33.7 Å². The number of allylic oxidation sites excluding steroid dienone is 2. The van der Waals surface area contributed by atoms with Crippen LogP contribution in [0.4, 0.5) is 19.0 Å². The van der Waals surface area contributed by atoms with Gasteiger partial charge in [0, 0.05) is 28.4 Å². The summed E-state index contributed by atoms with van der Waals surface area (Å²) in [5.41, 5.74) is 4.42. The molecule has 1 aromatic carbocycles. The molecule has 0 amide bonds. The number of halogens is 3. The minimum absolute atomic E-state index is 0.227. The summed E-state index contributed by atoms with van der Waals surface area (Å²) >= 11 is 1.73. The highest BCUT2D eigenvalue weighted by molar-refractivity contribution is 7.17. The van der Waals surface area contributed by atoms with E-state index < -0.39 is 11.9 Å².